The maximum absolute atomic E-state index is 5.16. The highest BCUT2D eigenvalue weighted by Gasteiger charge is 1.79. The first-order valence-corrected chi connectivity index (χ1v) is 4.51. The van der Waals surface area contributed by atoms with Crippen LogP contribution in [0, 0.1) is 23.7 Å². The number of rotatable bonds is 6. The highest BCUT2D eigenvalue weighted by Crippen LogP contribution is 1.79. The van der Waals surface area contributed by atoms with Gasteiger partial charge < -0.3 is 9.47 Å². The molecule has 0 fully saturated rings. The van der Waals surface area contributed by atoms with E-state index in [1.54, 1.807) is 13.8 Å². The summed E-state index contributed by atoms with van der Waals surface area (Å²) in [7, 11) is 0. The monoisotopic (exact) mass is 192 g/mol. The van der Waals surface area contributed by atoms with Crippen molar-refractivity contribution in [2.45, 2.75) is 13.8 Å². The lowest BCUT2D eigenvalue weighted by molar-refractivity contribution is 0.190. The molecule has 2 heteroatoms. The molecule has 2 nitrogen and oxygen atoms in total. The Balaban J connectivity index is 3.16. The SMILES string of the molecule is CC#CCOC/C=C\COCC#CC. The molecule has 0 radical (unpaired) electrons. The van der Waals surface area contributed by atoms with E-state index in [4.69, 9.17) is 9.47 Å². The lowest BCUT2D eigenvalue weighted by Crippen LogP contribution is -1.93. The predicted molar refractivity (Wildman–Crippen MR) is 57.7 cm³/mol. The molecule has 0 heterocycles. The van der Waals surface area contributed by atoms with Crippen molar-refractivity contribution in [3.8, 4) is 23.7 Å². The minimum absolute atomic E-state index is 0.489. The molecule has 0 aromatic carbocycles. The van der Waals surface area contributed by atoms with Gasteiger partial charge in [0.1, 0.15) is 13.2 Å². The van der Waals surface area contributed by atoms with E-state index in [1.165, 1.54) is 0 Å². The normalized spacial score (nSPS) is 9.00. The second-order valence-electron chi connectivity index (χ2n) is 2.36. The molecule has 0 saturated heterocycles. The first-order chi connectivity index (χ1) is 6.91. The lowest BCUT2D eigenvalue weighted by Gasteiger charge is -1.94. The Hall–Kier alpha value is -1.22. The van der Waals surface area contributed by atoms with Crippen molar-refractivity contribution in [1.82, 2.24) is 0 Å². The Bertz CT molecular complexity index is 230. The van der Waals surface area contributed by atoms with Gasteiger partial charge in [0, 0.05) is 0 Å². The van der Waals surface area contributed by atoms with Crippen molar-refractivity contribution in [3.63, 3.8) is 0 Å². The maximum Gasteiger partial charge on any atom is 0.108 e. The Morgan fingerprint density at radius 2 is 1.29 bits per heavy atom. The zero-order chi connectivity index (χ0) is 10.5. The topological polar surface area (TPSA) is 18.5 Å². The van der Waals surface area contributed by atoms with Gasteiger partial charge in [-0.2, -0.15) is 0 Å². The Kier molecular flexibility index (Phi) is 10.8. The fraction of sp³-hybridized carbons (Fsp3) is 0.500. The van der Waals surface area contributed by atoms with Crippen LogP contribution in [0.1, 0.15) is 13.8 Å². The van der Waals surface area contributed by atoms with Crippen LogP contribution in [0.5, 0.6) is 0 Å². The average Bonchev–Trinajstić information content (AvgIpc) is 2.21. The van der Waals surface area contributed by atoms with Gasteiger partial charge in [0.2, 0.25) is 0 Å². The average molecular weight is 192 g/mol. The van der Waals surface area contributed by atoms with E-state index in [0.717, 1.165) is 0 Å². The van der Waals surface area contributed by atoms with Crippen molar-refractivity contribution in [2.75, 3.05) is 26.4 Å². The third kappa shape index (κ3) is 10.8. The van der Waals surface area contributed by atoms with E-state index < -0.39 is 0 Å². The molecule has 0 saturated carbocycles. The van der Waals surface area contributed by atoms with Crippen molar-refractivity contribution < 1.29 is 9.47 Å². The van der Waals surface area contributed by atoms with Gasteiger partial charge in [-0.1, -0.05) is 24.0 Å². The molecule has 0 aliphatic carbocycles. The summed E-state index contributed by atoms with van der Waals surface area (Å²) in [5.41, 5.74) is 0. The zero-order valence-corrected chi connectivity index (χ0v) is 8.80. The summed E-state index contributed by atoms with van der Waals surface area (Å²) in [6, 6.07) is 0. The van der Waals surface area contributed by atoms with E-state index in [9.17, 15) is 0 Å². The van der Waals surface area contributed by atoms with Crippen LogP contribution in [0.3, 0.4) is 0 Å². The van der Waals surface area contributed by atoms with E-state index >= 15 is 0 Å². The van der Waals surface area contributed by atoms with E-state index in [1.807, 2.05) is 12.2 Å². The Morgan fingerprint density at radius 3 is 1.64 bits per heavy atom. The quantitative estimate of drug-likeness (QED) is 0.362. The molecule has 0 atom stereocenters. The molecule has 0 amide bonds. The van der Waals surface area contributed by atoms with Gasteiger partial charge in [-0.25, -0.2) is 0 Å². The summed E-state index contributed by atoms with van der Waals surface area (Å²) in [6.45, 7) is 5.73. The Morgan fingerprint density at radius 1 is 0.857 bits per heavy atom. The maximum atomic E-state index is 5.16. The van der Waals surface area contributed by atoms with Gasteiger partial charge in [-0.3, -0.25) is 0 Å². The van der Waals surface area contributed by atoms with E-state index in [2.05, 4.69) is 23.7 Å². The van der Waals surface area contributed by atoms with Crippen LogP contribution in [0.15, 0.2) is 12.2 Å². The molecule has 0 spiro atoms. The third-order valence-electron chi connectivity index (χ3n) is 1.30. The van der Waals surface area contributed by atoms with Crippen LogP contribution < -0.4 is 0 Å². The highest BCUT2D eigenvalue weighted by molar-refractivity contribution is 4.96. The molecule has 0 N–H and O–H groups in total. The van der Waals surface area contributed by atoms with Gasteiger partial charge >= 0.3 is 0 Å². The molecule has 0 aromatic rings. The summed E-state index contributed by atoms with van der Waals surface area (Å²) in [5, 5.41) is 0. The van der Waals surface area contributed by atoms with Crippen LogP contribution >= 0.6 is 0 Å². The van der Waals surface area contributed by atoms with Crippen molar-refractivity contribution >= 4 is 0 Å². The fourth-order valence-corrected chi connectivity index (χ4v) is 0.636. The van der Waals surface area contributed by atoms with Gasteiger partial charge in [0.15, 0.2) is 0 Å². The van der Waals surface area contributed by atoms with Crippen LogP contribution in [0.2, 0.25) is 0 Å². The van der Waals surface area contributed by atoms with Crippen LogP contribution in [-0.4, -0.2) is 26.4 Å². The first-order valence-electron chi connectivity index (χ1n) is 4.51. The number of ether oxygens (including phenoxy) is 2. The molecular formula is C12H16O2. The van der Waals surface area contributed by atoms with Crippen LogP contribution in [0.4, 0.5) is 0 Å². The van der Waals surface area contributed by atoms with E-state index in [0.29, 0.717) is 26.4 Å². The van der Waals surface area contributed by atoms with Gasteiger partial charge in [-0.05, 0) is 13.8 Å². The number of hydrogen-bond donors (Lipinski definition) is 0. The third-order valence-corrected chi connectivity index (χ3v) is 1.30. The van der Waals surface area contributed by atoms with Crippen molar-refractivity contribution in [3.05, 3.63) is 12.2 Å². The Labute approximate surface area is 86.3 Å². The second kappa shape index (κ2) is 11.8. The molecule has 0 aliphatic rings. The largest absolute Gasteiger partial charge is 0.365 e. The molecular weight excluding hydrogens is 176 g/mol. The highest BCUT2D eigenvalue weighted by atomic mass is 16.5. The summed E-state index contributed by atoms with van der Waals surface area (Å²) >= 11 is 0. The standard InChI is InChI=1S/C12H16O2/c1-3-5-9-13-11-7-8-12-14-10-6-4-2/h7-8H,9-12H2,1-2H3/b8-7-. The van der Waals surface area contributed by atoms with Crippen molar-refractivity contribution in [1.29, 1.82) is 0 Å². The van der Waals surface area contributed by atoms with Gasteiger partial charge in [-0.15, -0.1) is 11.8 Å². The first kappa shape index (κ1) is 12.8. The second-order valence-corrected chi connectivity index (χ2v) is 2.36. The van der Waals surface area contributed by atoms with E-state index in [-0.39, 0.29) is 0 Å². The lowest BCUT2D eigenvalue weighted by atomic mass is 10.5. The van der Waals surface area contributed by atoms with Gasteiger partial charge in [0.25, 0.3) is 0 Å². The molecule has 0 bridgehead atoms. The summed E-state index contributed by atoms with van der Waals surface area (Å²) in [5.74, 6) is 11.1. The molecule has 14 heavy (non-hydrogen) atoms. The smallest absolute Gasteiger partial charge is 0.108 e. The van der Waals surface area contributed by atoms with Crippen molar-refractivity contribution in [2.24, 2.45) is 0 Å². The molecule has 76 valence electrons. The number of hydrogen-bond acceptors (Lipinski definition) is 2. The molecule has 0 aliphatic heterocycles. The zero-order valence-electron chi connectivity index (χ0n) is 8.80. The summed E-state index contributed by atoms with van der Waals surface area (Å²) in [6.07, 6.45) is 3.83. The van der Waals surface area contributed by atoms with Crippen LogP contribution in [0.25, 0.3) is 0 Å². The minimum atomic E-state index is 0.489. The minimum Gasteiger partial charge on any atom is -0.365 e. The molecule has 0 rings (SSSR count). The fourth-order valence-electron chi connectivity index (χ4n) is 0.636. The van der Waals surface area contributed by atoms with Gasteiger partial charge in [0.05, 0.1) is 13.2 Å². The van der Waals surface area contributed by atoms with Crippen LogP contribution in [-0.2, 0) is 9.47 Å². The summed E-state index contributed by atoms with van der Waals surface area (Å²) < 4.78 is 10.3. The molecule has 0 unspecified atom stereocenters. The predicted octanol–water partition coefficient (Wildman–Crippen LogP) is 1.62. The summed E-state index contributed by atoms with van der Waals surface area (Å²) in [4.78, 5) is 0. The molecule has 0 aromatic heterocycles.